The van der Waals surface area contributed by atoms with Crippen molar-refractivity contribution in [2.24, 2.45) is 42.7 Å². The molecule has 9 aromatic rings. The van der Waals surface area contributed by atoms with E-state index in [-0.39, 0.29) is 96.1 Å². The molecule has 135 heavy (non-hydrogen) atoms. The van der Waals surface area contributed by atoms with Gasteiger partial charge in [-0.2, -0.15) is 0 Å². The summed E-state index contributed by atoms with van der Waals surface area (Å²) < 4.78 is 128. The lowest BCUT2D eigenvalue weighted by Gasteiger charge is -2.49. The van der Waals surface area contributed by atoms with Crippen LogP contribution in [0.4, 0.5) is 35.9 Å². The lowest BCUT2D eigenvalue weighted by atomic mass is 9.76. The summed E-state index contributed by atoms with van der Waals surface area (Å²) >= 11 is 0. The summed E-state index contributed by atoms with van der Waals surface area (Å²) in [5.41, 5.74) is 8.58. The Morgan fingerprint density at radius 3 is 1.02 bits per heavy atom. The van der Waals surface area contributed by atoms with Gasteiger partial charge in [-0.25, -0.2) is 35.9 Å². The van der Waals surface area contributed by atoms with Crippen molar-refractivity contribution in [3.63, 3.8) is 0 Å². The van der Waals surface area contributed by atoms with Crippen LogP contribution in [0, 0.1) is 74.3 Å². The minimum atomic E-state index is -0.918. The smallest absolute Gasteiger partial charge is 0.453 e. The number of azo groups is 1. The number of carboxylic acids is 1. The number of nitrogens with zero attached hydrogens (tertiary/aromatic N) is 5. The minimum absolute atomic E-state index is 0.0388. The van der Waals surface area contributed by atoms with Gasteiger partial charge in [-0.3, -0.25) is 14.4 Å². The predicted octanol–water partition coefficient (Wildman–Crippen LogP) is 19.2. The van der Waals surface area contributed by atoms with Crippen molar-refractivity contribution in [3.8, 4) is 34.5 Å². The van der Waals surface area contributed by atoms with Crippen LogP contribution in [0.1, 0.15) is 156 Å². The topological polar surface area (TPSA) is 264 Å². The van der Waals surface area contributed by atoms with Crippen molar-refractivity contribution in [2.45, 2.75) is 177 Å². The number of aliphatic hydroxyl groups is 1. The molecular weight excluding hydrogens is 1760 g/mol. The molecule has 3 saturated heterocycles. The molecule has 3 heterocycles. The normalized spacial score (nSPS) is 17.4. The van der Waals surface area contributed by atoms with Gasteiger partial charge in [-0.15, -0.1) is 0 Å². The Kier molecular flexibility index (Phi) is 32.1. The third-order valence-corrected chi connectivity index (χ3v) is 27.9. The molecule has 3 aliphatic heterocycles. The van der Waals surface area contributed by atoms with Crippen molar-refractivity contribution in [1.29, 1.82) is 0 Å². The van der Waals surface area contributed by atoms with Crippen LogP contribution in [-0.2, 0) is 91.7 Å². The van der Waals surface area contributed by atoms with E-state index in [9.17, 15) is 60.5 Å². The number of hydrogen-bond acceptors (Lipinski definition) is 19. The van der Waals surface area contributed by atoms with E-state index >= 15 is 0 Å². The number of esters is 2. The number of hydrogen-bond donors (Lipinski definition) is 3. The van der Waals surface area contributed by atoms with Crippen molar-refractivity contribution in [2.75, 3.05) is 92.9 Å². The summed E-state index contributed by atoms with van der Waals surface area (Å²) in [6, 6.07) is 55.4. The number of likely N-dealkylation sites (tertiary alicyclic amines) is 3. The lowest BCUT2D eigenvalue weighted by Crippen LogP contribution is -2.58. The first kappa shape index (κ1) is 101. The molecule has 9 aromatic carbocycles. The van der Waals surface area contributed by atoms with Crippen LogP contribution in [0.2, 0.25) is 0 Å². The highest BCUT2D eigenvalue weighted by Gasteiger charge is 2.59. The van der Waals surface area contributed by atoms with E-state index in [1.165, 1.54) is 93.3 Å². The van der Waals surface area contributed by atoms with Gasteiger partial charge in [0.2, 0.25) is 0 Å². The second-order valence-electron chi connectivity index (χ2n) is 39.1. The molecule has 0 radical (unpaired) electrons. The second-order valence-corrected chi connectivity index (χ2v) is 41.4. The first-order valence-electron chi connectivity index (χ1n) is 45.9. The molecule has 22 nitrogen and oxygen atoms in total. The fourth-order valence-corrected chi connectivity index (χ4v) is 21.3. The monoisotopic (exact) mass is 1880 g/mol. The van der Waals surface area contributed by atoms with Crippen molar-refractivity contribution in [3.05, 3.63) is 266 Å². The van der Waals surface area contributed by atoms with Gasteiger partial charge in [0.15, 0.2) is 52.2 Å². The molecule has 18 rings (SSSR count). The number of carboxylic acid groups (broad SMARTS) is 1. The minimum Gasteiger partial charge on any atom is -0.508 e. The van der Waals surface area contributed by atoms with Gasteiger partial charge in [-0.1, -0.05) is 119 Å². The van der Waals surface area contributed by atoms with E-state index in [2.05, 4.69) is 135 Å². The van der Waals surface area contributed by atoms with Gasteiger partial charge in [-0.05, 0) is 293 Å². The maximum atomic E-state index is 14.1. The fraction of sp³-hybridized carbons (Fsp3) is 0.443. The van der Waals surface area contributed by atoms with Gasteiger partial charge in [0.25, 0.3) is 0 Å². The van der Waals surface area contributed by atoms with E-state index in [1.54, 1.807) is 68.4 Å². The van der Waals surface area contributed by atoms with E-state index < -0.39 is 77.6 Å². The maximum Gasteiger partial charge on any atom is 0.453 e. The van der Waals surface area contributed by atoms with Crippen LogP contribution < -0.4 is 39.6 Å². The molecule has 0 aromatic heterocycles. The summed E-state index contributed by atoms with van der Waals surface area (Å²) in [5, 5.41) is 38.0. The molecular formula is C106H122F6N5O17P. The van der Waals surface area contributed by atoms with Crippen molar-refractivity contribution in [1.82, 2.24) is 14.7 Å². The number of carbonyl (C=O) groups is 5. The molecule has 3 saturated carbocycles. The number of phenols is 1. The molecule has 0 unspecified atom stereocenters. The van der Waals surface area contributed by atoms with Gasteiger partial charge in [0.1, 0.15) is 41.7 Å². The number of phenolic OH excluding ortho intramolecular Hbond substituents is 1. The summed E-state index contributed by atoms with van der Waals surface area (Å²) in [4.78, 5) is 64.4. The molecule has 720 valence electrons. The molecule has 29 heteroatoms. The van der Waals surface area contributed by atoms with Gasteiger partial charge >= 0.3 is 30.1 Å². The summed E-state index contributed by atoms with van der Waals surface area (Å²) in [6.07, 6.45) is 9.63. The number of rotatable bonds is 25. The quantitative estimate of drug-likeness (QED) is 0.0158. The average molecular weight is 1880 g/mol. The van der Waals surface area contributed by atoms with E-state index in [4.69, 9.17) is 47.7 Å². The molecule has 6 fully saturated rings. The Balaban J connectivity index is 0.000000141. The lowest BCUT2D eigenvalue weighted by molar-refractivity contribution is -0.150. The van der Waals surface area contributed by atoms with Crippen LogP contribution in [0.15, 0.2) is 186 Å². The molecule has 0 bridgehead atoms. The molecule has 9 aliphatic rings. The van der Waals surface area contributed by atoms with Gasteiger partial charge < -0.3 is 72.7 Å². The van der Waals surface area contributed by atoms with Crippen LogP contribution in [-0.4, -0.2) is 164 Å². The van der Waals surface area contributed by atoms with Crippen LogP contribution in [0.3, 0.4) is 0 Å². The number of aliphatic carboxylic acids is 1. The first-order chi connectivity index (χ1) is 64.2. The number of halogens is 6. The number of aryl methyl sites for hydroxylation is 1. The Morgan fingerprint density at radius 2 is 0.711 bits per heavy atom. The molecule has 0 atom stereocenters. The third-order valence-electron chi connectivity index (χ3n) is 25.5. The van der Waals surface area contributed by atoms with Crippen LogP contribution >= 0.6 is 7.92 Å². The third kappa shape index (κ3) is 26.0. The highest BCUT2D eigenvalue weighted by atomic mass is 31.1. The largest absolute Gasteiger partial charge is 0.508 e. The van der Waals surface area contributed by atoms with Crippen LogP contribution in [0.5, 0.6) is 34.5 Å². The Labute approximate surface area is 786 Å². The van der Waals surface area contributed by atoms with Crippen molar-refractivity contribution < 1.29 is 108 Å². The average Bonchev–Trinajstić information content (AvgIpc) is 1.59. The number of benzene rings is 9. The highest BCUT2D eigenvalue weighted by Crippen LogP contribution is 2.55. The standard InChI is InChI=1S/C26H29F2NO4.C25H27F2NO4.C19H17P.C17H21NO3.C10H18N2O4.C9H10F2O2/c1-3-32-23-21(27)8-17(9-22(23)28)13-33-20-5-4-18-11-25(12-19(18)10-20)14-29(15-25)16-26(6-7-26)24(30)31-2;1-2-31-22-20(26)7-16(8-21(22)27)12-32-19-4-3-17-10-24(11-18(17)9-19)13-28(14-24)15-25(5-6-25)23(29)30;1-16-12-14-19(15-13-16)20(17-8-4-2-5-9-17)18-10-6-3-7-11-18;1-21-15(20)17(4-5-17)11-18-9-16(10-18)7-12-2-3-14(19)6-13(12)8-16;1-9(2,3)15-7(13)11-12-8(14)16-10(4,5)6;1-2-13-9-7(10)3-6(5-12)4-8(9)11/h4-5,8-10H,3,6-7,11-16H2,1-2H3;3-4,7-9H,2,5-6,10-15H2,1H3,(H,29,30);2-15H,1H3;2-3,6,19H,4-5,7-11H2,1H3;1-6H3;3-4,12H,2,5H2,1H3. The number of amides is 2. The predicted molar refractivity (Wildman–Crippen MR) is 501 cm³/mol. The number of carbonyl (C=O) groups excluding carboxylic acids is 4. The number of methoxy groups -OCH3 is 2. The zero-order valence-electron chi connectivity index (χ0n) is 78.8. The van der Waals surface area contributed by atoms with E-state index in [0.29, 0.717) is 40.3 Å². The van der Waals surface area contributed by atoms with Gasteiger partial charge in [0, 0.05) is 75.1 Å². The summed E-state index contributed by atoms with van der Waals surface area (Å²) in [6.45, 7) is 25.9. The zero-order chi connectivity index (χ0) is 97.0. The van der Waals surface area contributed by atoms with E-state index in [0.717, 1.165) is 142 Å². The number of aliphatic hydroxyl groups excluding tert-OH is 1. The fourth-order valence-electron chi connectivity index (χ4n) is 19.0. The number of fused-ring (bicyclic) bond motifs is 3. The van der Waals surface area contributed by atoms with E-state index in [1.807, 2.05) is 30.3 Å². The Morgan fingerprint density at radius 1 is 0.400 bits per heavy atom. The Bertz CT molecular complexity index is 5590. The SMILES string of the molecule is CC(C)(C)OC(=O)N=NC(=O)OC(C)(C)C.CCOc1c(F)cc(CO)cc1F.CCOc1c(F)cc(COc2ccc3c(c2)CC2(C3)CN(CC3(C(=O)O)CC3)C2)cc1F.CCOc1c(F)cc(COc2ccc3c(c2)CC2(C3)CN(CC3(C(=O)OC)CC3)C2)cc1F.COC(=O)C1(CN2CC3(Cc4ccc(O)cc4C3)C2)CC1.Cc1ccc(P(c2ccccc2)c2ccccc2)cc1. The maximum absolute atomic E-state index is 14.1. The highest BCUT2D eigenvalue weighted by molar-refractivity contribution is 7.79. The number of ether oxygens (including phenoxy) is 9. The molecule has 6 aliphatic carbocycles. The Hall–Kier alpha value is -11.4. The first-order valence-corrected chi connectivity index (χ1v) is 47.2. The van der Waals surface area contributed by atoms with Gasteiger partial charge in [0.05, 0.1) is 56.9 Å². The zero-order valence-corrected chi connectivity index (χ0v) is 79.7. The molecule has 3 N–H and O–H groups in total. The summed E-state index contributed by atoms with van der Waals surface area (Å²) in [5.74, 6) is -4.62. The molecule has 2 amide bonds. The summed E-state index contributed by atoms with van der Waals surface area (Å²) in [7, 11) is 2.50. The van der Waals surface area contributed by atoms with Crippen molar-refractivity contribution >= 4 is 53.9 Å². The second kappa shape index (κ2) is 42.9. The van der Waals surface area contributed by atoms with Crippen LogP contribution in [0.25, 0.3) is 0 Å². The number of aromatic hydroxyl groups is 1. The molecule has 3 spiro atoms.